The summed E-state index contributed by atoms with van der Waals surface area (Å²) in [5.74, 6) is -0.268. The first-order valence-electron chi connectivity index (χ1n) is 10.9. The molecular weight excluding hydrogens is 448 g/mol. The Morgan fingerprint density at radius 1 is 1.18 bits per heavy atom. The quantitative estimate of drug-likeness (QED) is 0.0866. The first kappa shape index (κ1) is 23.3. The summed E-state index contributed by atoms with van der Waals surface area (Å²) < 4.78 is 2.19. The maximum Gasteiger partial charge on any atom is 0.274 e. The highest BCUT2D eigenvalue weighted by atomic mass is 32.1. The molecule has 4 aromatic rings. The minimum atomic E-state index is -0.551. The van der Waals surface area contributed by atoms with Gasteiger partial charge in [-0.1, -0.05) is 35.1 Å². The molecule has 0 saturated carbocycles. The SMILES string of the molecule is Cc1ccc(CCc2c(-c3ccsc3)n(CC/C(N)=N/N=N)c3ccc(C(=O)NO)cc23)cc1. The predicted molar refractivity (Wildman–Crippen MR) is 134 cm³/mol. The van der Waals surface area contributed by atoms with Gasteiger partial charge in [-0.15, -0.1) is 5.10 Å². The van der Waals surface area contributed by atoms with E-state index >= 15 is 0 Å². The van der Waals surface area contributed by atoms with E-state index in [0.29, 0.717) is 18.5 Å². The monoisotopic (exact) mass is 474 g/mol. The number of nitrogens with zero attached hydrogens (tertiary/aromatic N) is 3. The van der Waals surface area contributed by atoms with Crippen molar-refractivity contribution in [2.24, 2.45) is 16.1 Å². The highest BCUT2D eigenvalue weighted by Crippen LogP contribution is 2.36. The molecule has 0 aliphatic heterocycles. The fourth-order valence-electron chi connectivity index (χ4n) is 4.21. The van der Waals surface area contributed by atoms with Gasteiger partial charge in [0.15, 0.2) is 0 Å². The zero-order valence-corrected chi connectivity index (χ0v) is 19.6. The van der Waals surface area contributed by atoms with E-state index in [4.69, 9.17) is 16.5 Å². The molecule has 34 heavy (non-hydrogen) atoms. The molecule has 0 saturated heterocycles. The molecule has 0 spiro atoms. The van der Waals surface area contributed by atoms with E-state index in [9.17, 15) is 4.79 Å². The van der Waals surface area contributed by atoms with Crippen LogP contribution in [0, 0.1) is 12.5 Å². The molecule has 0 radical (unpaired) electrons. The lowest BCUT2D eigenvalue weighted by atomic mass is 9.98. The summed E-state index contributed by atoms with van der Waals surface area (Å²) in [6.45, 7) is 2.62. The second-order valence-corrected chi connectivity index (χ2v) is 8.87. The molecule has 9 heteroatoms. The Morgan fingerprint density at radius 3 is 2.65 bits per heavy atom. The number of fused-ring (bicyclic) bond motifs is 1. The summed E-state index contributed by atoms with van der Waals surface area (Å²) in [5, 5.41) is 20.9. The molecule has 174 valence electrons. The van der Waals surface area contributed by atoms with Crippen LogP contribution in [0.3, 0.4) is 0 Å². The number of aromatic nitrogens is 1. The largest absolute Gasteiger partial charge is 0.386 e. The summed E-state index contributed by atoms with van der Waals surface area (Å²) in [5.41, 5.74) is 21.7. The molecule has 5 N–H and O–H groups in total. The van der Waals surface area contributed by atoms with E-state index in [0.717, 1.165) is 40.6 Å². The molecule has 1 amide bonds. The van der Waals surface area contributed by atoms with Gasteiger partial charge in [0, 0.05) is 40.4 Å². The first-order valence-corrected chi connectivity index (χ1v) is 11.8. The average molecular weight is 475 g/mol. The Hall–Kier alpha value is -3.82. The maximum atomic E-state index is 12.2. The van der Waals surface area contributed by atoms with Gasteiger partial charge in [-0.25, -0.2) is 5.48 Å². The van der Waals surface area contributed by atoms with Gasteiger partial charge in [0.1, 0.15) is 5.84 Å². The van der Waals surface area contributed by atoms with Crippen molar-refractivity contribution >= 4 is 34.0 Å². The van der Waals surface area contributed by atoms with E-state index in [1.54, 1.807) is 22.9 Å². The van der Waals surface area contributed by atoms with Gasteiger partial charge in [0.2, 0.25) is 0 Å². The van der Waals surface area contributed by atoms with E-state index < -0.39 is 5.91 Å². The van der Waals surface area contributed by atoms with E-state index in [-0.39, 0.29) is 5.84 Å². The number of rotatable bonds is 9. The lowest BCUT2D eigenvalue weighted by Crippen LogP contribution is -2.18. The number of aryl methyl sites for hydroxylation is 4. The summed E-state index contributed by atoms with van der Waals surface area (Å²) in [6.07, 6.45) is 2.04. The number of carbonyl (C=O) groups is 1. The van der Waals surface area contributed by atoms with Crippen LogP contribution in [-0.2, 0) is 19.4 Å². The Morgan fingerprint density at radius 2 is 1.97 bits per heavy atom. The number of nitrogens with one attached hydrogen (secondary N) is 2. The smallest absolute Gasteiger partial charge is 0.274 e. The molecule has 0 bridgehead atoms. The molecular formula is C25H26N6O2S. The normalized spacial score (nSPS) is 11.6. The molecule has 0 fully saturated rings. The first-order chi connectivity index (χ1) is 16.5. The maximum absolute atomic E-state index is 12.2. The average Bonchev–Trinajstić information content (AvgIpc) is 3.48. The van der Waals surface area contributed by atoms with Crippen molar-refractivity contribution in [1.29, 1.82) is 5.53 Å². The van der Waals surface area contributed by atoms with Crippen molar-refractivity contribution in [3.8, 4) is 11.3 Å². The third kappa shape index (κ3) is 4.90. The second kappa shape index (κ2) is 10.4. The zero-order chi connectivity index (χ0) is 24.1. The van der Waals surface area contributed by atoms with E-state index in [1.165, 1.54) is 11.1 Å². The minimum absolute atomic E-state index is 0.283. The van der Waals surface area contributed by atoms with Crippen molar-refractivity contribution < 1.29 is 10.0 Å². The van der Waals surface area contributed by atoms with Crippen LogP contribution in [0.2, 0.25) is 0 Å². The summed E-state index contributed by atoms with van der Waals surface area (Å²) in [4.78, 5) is 12.2. The van der Waals surface area contributed by atoms with Crippen molar-refractivity contribution in [3.63, 3.8) is 0 Å². The molecule has 8 nitrogen and oxygen atoms in total. The Labute approximate surface area is 201 Å². The Bertz CT molecular complexity index is 1340. The summed E-state index contributed by atoms with van der Waals surface area (Å²) in [6, 6.07) is 16.0. The zero-order valence-electron chi connectivity index (χ0n) is 18.8. The lowest BCUT2D eigenvalue weighted by molar-refractivity contribution is 0.0706. The van der Waals surface area contributed by atoms with Crippen LogP contribution < -0.4 is 11.2 Å². The molecule has 2 heterocycles. The number of carbonyl (C=O) groups excluding carboxylic acids is 1. The summed E-state index contributed by atoms with van der Waals surface area (Å²) >= 11 is 1.62. The number of benzene rings is 2. The molecule has 2 aromatic heterocycles. The van der Waals surface area contributed by atoms with Gasteiger partial charge in [-0.2, -0.15) is 16.9 Å². The van der Waals surface area contributed by atoms with Crippen LogP contribution in [0.5, 0.6) is 0 Å². The van der Waals surface area contributed by atoms with Crippen LogP contribution in [0.15, 0.2) is 69.6 Å². The number of amides is 1. The Kier molecular flexibility index (Phi) is 7.15. The van der Waals surface area contributed by atoms with Gasteiger partial charge in [-0.05, 0) is 60.5 Å². The fraction of sp³-hybridized carbons (Fsp3) is 0.200. The number of hydroxylamine groups is 1. The lowest BCUT2D eigenvalue weighted by Gasteiger charge is -2.12. The van der Waals surface area contributed by atoms with Crippen LogP contribution in [0.4, 0.5) is 0 Å². The standard InChI is InChI=1S/C25H26N6O2S/c1-16-2-4-17(5-3-16)6-8-20-21-14-18(25(32)29-33)7-9-22(21)31(12-10-23(26)28-30-27)24(20)19-11-13-34-15-19/h2-5,7,9,11,13-15,33H,6,8,10,12H2,1H3,(H,29,32)(H3,26,27,28). The predicted octanol–water partition coefficient (Wildman–Crippen LogP) is 5.28. The van der Waals surface area contributed by atoms with Gasteiger partial charge in [-0.3, -0.25) is 10.0 Å². The van der Waals surface area contributed by atoms with E-state index in [2.05, 4.69) is 57.5 Å². The molecule has 0 unspecified atom stereocenters. The van der Waals surface area contributed by atoms with Crippen molar-refractivity contribution in [2.45, 2.75) is 32.7 Å². The molecule has 0 aliphatic carbocycles. The molecule has 2 aromatic carbocycles. The van der Waals surface area contributed by atoms with E-state index in [1.807, 2.05) is 17.5 Å². The highest BCUT2D eigenvalue weighted by molar-refractivity contribution is 7.08. The number of hydrogen-bond acceptors (Lipinski definition) is 5. The van der Waals surface area contributed by atoms with Gasteiger partial charge >= 0.3 is 0 Å². The second-order valence-electron chi connectivity index (χ2n) is 8.09. The minimum Gasteiger partial charge on any atom is -0.386 e. The van der Waals surface area contributed by atoms with Crippen molar-refractivity contribution in [2.75, 3.05) is 0 Å². The van der Waals surface area contributed by atoms with Crippen molar-refractivity contribution in [1.82, 2.24) is 10.0 Å². The number of hydrogen-bond donors (Lipinski definition) is 4. The number of amidine groups is 1. The van der Waals surface area contributed by atoms with Crippen LogP contribution in [0.25, 0.3) is 22.2 Å². The Balaban J connectivity index is 1.86. The van der Waals surface area contributed by atoms with Gasteiger partial charge in [0.05, 0.1) is 5.69 Å². The van der Waals surface area contributed by atoms with Crippen LogP contribution in [0.1, 0.15) is 33.5 Å². The third-order valence-corrected chi connectivity index (χ3v) is 6.56. The van der Waals surface area contributed by atoms with Crippen LogP contribution >= 0.6 is 11.3 Å². The molecule has 0 atom stereocenters. The number of nitrogens with two attached hydrogens (primary N) is 1. The van der Waals surface area contributed by atoms with Crippen LogP contribution in [-0.4, -0.2) is 21.5 Å². The molecule has 0 aliphatic rings. The summed E-state index contributed by atoms with van der Waals surface area (Å²) in [7, 11) is 0. The molecule has 4 rings (SSSR count). The highest BCUT2D eigenvalue weighted by Gasteiger charge is 2.20. The fourth-order valence-corrected chi connectivity index (χ4v) is 4.85. The van der Waals surface area contributed by atoms with Crippen molar-refractivity contribution in [3.05, 3.63) is 81.5 Å². The topological polar surface area (TPSA) is 129 Å². The van der Waals surface area contributed by atoms with Gasteiger partial charge in [0.25, 0.3) is 5.91 Å². The number of thiophene rings is 1. The third-order valence-electron chi connectivity index (χ3n) is 5.88. The van der Waals surface area contributed by atoms with Gasteiger partial charge < -0.3 is 10.3 Å².